The van der Waals surface area contributed by atoms with E-state index >= 15 is 0 Å². The van der Waals surface area contributed by atoms with Crippen LogP contribution in [0.4, 0.5) is 0 Å². The van der Waals surface area contributed by atoms with E-state index in [-0.39, 0.29) is 11.4 Å². The first-order chi connectivity index (χ1) is 9.03. The van der Waals surface area contributed by atoms with Crippen molar-refractivity contribution >= 4 is 10.0 Å². The Morgan fingerprint density at radius 3 is 2.89 bits per heavy atom. The van der Waals surface area contributed by atoms with E-state index in [0.29, 0.717) is 11.4 Å². The standard InChI is InChI=1S/C11H11N5O2S/c1-16-8-13-15-11(16)7-14-19(17,18)10-4-2-3-9(5-10)6-12/h2-5,8,14H,7H2,1H3. The third-order valence-electron chi connectivity index (χ3n) is 2.50. The topological polar surface area (TPSA) is 101 Å². The molecule has 2 aromatic rings. The molecule has 8 heteroatoms. The molecule has 0 aliphatic rings. The Hall–Kier alpha value is -2.24. The molecule has 0 bridgehead atoms. The molecule has 0 spiro atoms. The smallest absolute Gasteiger partial charge is 0.241 e. The molecule has 0 atom stereocenters. The summed E-state index contributed by atoms with van der Waals surface area (Å²) in [5.74, 6) is 0.500. The highest BCUT2D eigenvalue weighted by atomic mass is 32.2. The number of nitrogens with zero attached hydrogens (tertiary/aromatic N) is 4. The molecule has 0 aliphatic heterocycles. The van der Waals surface area contributed by atoms with Crippen molar-refractivity contribution in [1.29, 1.82) is 5.26 Å². The summed E-state index contributed by atoms with van der Waals surface area (Å²) in [4.78, 5) is 0.0497. The first kappa shape index (κ1) is 13.2. The van der Waals surface area contributed by atoms with E-state index in [1.54, 1.807) is 17.7 Å². The number of aromatic nitrogens is 3. The van der Waals surface area contributed by atoms with Gasteiger partial charge in [0.2, 0.25) is 10.0 Å². The molecule has 0 radical (unpaired) electrons. The van der Waals surface area contributed by atoms with Crippen molar-refractivity contribution in [3.63, 3.8) is 0 Å². The summed E-state index contributed by atoms with van der Waals surface area (Å²) in [6.07, 6.45) is 1.49. The Labute approximate surface area is 110 Å². The van der Waals surface area contributed by atoms with E-state index in [1.165, 1.54) is 24.5 Å². The van der Waals surface area contributed by atoms with Crippen molar-refractivity contribution in [1.82, 2.24) is 19.5 Å². The van der Waals surface area contributed by atoms with E-state index in [1.807, 2.05) is 6.07 Å². The fourth-order valence-corrected chi connectivity index (χ4v) is 2.47. The monoisotopic (exact) mass is 277 g/mol. The summed E-state index contributed by atoms with van der Waals surface area (Å²) in [7, 11) is -1.95. The number of sulfonamides is 1. The number of nitrogens with one attached hydrogen (secondary N) is 1. The van der Waals surface area contributed by atoms with Gasteiger partial charge >= 0.3 is 0 Å². The van der Waals surface area contributed by atoms with Crippen LogP contribution < -0.4 is 4.72 Å². The number of nitriles is 1. The van der Waals surface area contributed by atoms with E-state index in [4.69, 9.17) is 5.26 Å². The molecule has 7 nitrogen and oxygen atoms in total. The zero-order valence-corrected chi connectivity index (χ0v) is 10.9. The molecular weight excluding hydrogens is 266 g/mol. The van der Waals surface area contributed by atoms with Gasteiger partial charge in [-0.25, -0.2) is 13.1 Å². The lowest BCUT2D eigenvalue weighted by Gasteiger charge is -2.06. The summed E-state index contributed by atoms with van der Waals surface area (Å²) >= 11 is 0. The van der Waals surface area contributed by atoms with Gasteiger partial charge in [-0.2, -0.15) is 5.26 Å². The summed E-state index contributed by atoms with van der Waals surface area (Å²) < 4.78 is 28.1. The second kappa shape index (κ2) is 5.17. The first-order valence-electron chi connectivity index (χ1n) is 5.35. The van der Waals surface area contributed by atoms with Crippen molar-refractivity contribution in [2.75, 3.05) is 0 Å². The lowest BCUT2D eigenvalue weighted by molar-refractivity contribution is 0.577. The van der Waals surface area contributed by atoms with Crippen LogP contribution in [0.15, 0.2) is 35.5 Å². The number of hydrogen-bond acceptors (Lipinski definition) is 5. The minimum atomic E-state index is -3.67. The molecule has 1 N–H and O–H groups in total. The molecule has 19 heavy (non-hydrogen) atoms. The van der Waals surface area contributed by atoms with E-state index in [0.717, 1.165) is 0 Å². The predicted molar refractivity (Wildman–Crippen MR) is 66.2 cm³/mol. The highest BCUT2D eigenvalue weighted by Gasteiger charge is 2.15. The maximum Gasteiger partial charge on any atom is 0.241 e. The summed E-state index contributed by atoms with van der Waals surface area (Å²) in [5.41, 5.74) is 0.293. The summed E-state index contributed by atoms with van der Waals surface area (Å²) in [6, 6.07) is 7.71. The molecule has 1 heterocycles. The highest BCUT2D eigenvalue weighted by molar-refractivity contribution is 7.89. The molecule has 2 rings (SSSR count). The molecule has 1 aromatic carbocycles. The van der Waals surface area contributed by atoms with Gasteiger partial charge in [0.25, 0.3) is 0 Å². The fourth-order valence-electron chi connectivity index (χ4n) is 1.44. The van der Waals surface area contributed by atoms with Crippen molar-refractivity contribution < 1.29 is 8.42 Å². The van der Waals surface area contributed by atoms with Gasteiger partial charge in [0.1, 0.15) is 12.2 Å². The zero-order chi connectivity index (χ0) is 13.9. The molecule has 0 aliphatic carbocycles. The number of hydrogen-bond donors (Lipinski definition) is 1. The molecule has 0 saturated heterocycles. The molecule has 0 unspecified atom stereocenters. The largest absolute Gasteiger partial charge is 0.320 e. The lowest BCUT2D eigenvalue weighted by atomic mass is 10.2. The number of aryl methyl sites for hydroxylation is 1. The zero-order valence-electron chi connectivity index (χ0n) is 10.1. The minimum Gasteiger partial charge on any atom is -0.320 e. The fraction of sp³-hybridized carbons (Fsp3) is 0.182. The van der Waals surface area contributed by atoms with Crippen LogP contribution in [-0.2, 0) is 23.6 Å². The Morgan fingerprint density at radius 1 is 1.47 bits per heavy atom. The molecule has 1 aromatic heterocycles. The quantitative estimate of drug-likeness (QED) is 0.858. The Kier molecular flexibility index (Phi) is 3.59. The van der Waals surface area contributed by atoms with Gasteiger partial charge in [-0.1, -0.05) is 6.07 Å². The van der Waals surface area contributed by atoms with Crippen molar-refractivity contribution in [2.45, 2.75) is 11.4 Å². The maximum absolute atomic E-state index is 12.0. The van der Waals surface area contributed by atoms with Crippen LogP contribution in [0, 0.1) is 11.3 Å². The molecule has 0 amide bonds. The maximum atomic E-state index is 12.0. The van der Waals surface area contributed by atoms with Gasteiger partial charge in [0, 0.05) is 7.05 Å². The SMILES string of the molecule is Cn1cnnc1CNS(=O)(=O)c1cccc(C#N)c1. The van der Waals surface area contributed by atoms with E-state index in [9.17, 15) is 8.42 Å². The average Bonchev–Trinajstić information content (AvgIpc) is 2.82. The molecular formula is C11H11N5O2S. The van der Waals surface area contributed by atoms with Crippen LogP contribution in [0.25, 0.3) is 0 Å². The third kappa shape index (κ3) is 2.96. The lowest BCUT2D eigenvalue weighted by Crippen LogP contribution is -2.24. The second-order valence-electron chi connectivity index (χ2n) is 3.82. The van der Waals surface area contributed by atoms with Gasteiger partial charge in [0.15, 0.2) is 0 Å². The van der Waals surface area contributed by atoms with Crippen molar-refractivity contribution in [3.8, 4) is 6.07 Å². The average molecular weight is 277 g/mol. The minimum absolute atomic E-state index is 0.0373. The van der Waals surface area contributed by atoms with Gasteiger partial charge in [0.05, 0.1) is 23.1 Å². The van der Waals surface area contributed by atoms with E-state index < -0.39 is 10.0 Å². The number of rotatable bonds is 4. The molecule has 0 saturated carbocycles. The van der Waals surface area contributed by atoms with Crippen LogP contribution in [0.3, 0.4) is 0 Å². The Bertz CT molecular complexity index is 730. The third-order valence-corrected chi connectivity index (χ3v) is 3.90. The van der Waals surface area contributed by atoms with Crippen LogP contribution >= 0.6 is 0 Å². The van der Waals surface area contributed by atoms with Gasteiger partial charge in [-0.05, 0) is 18.2 Å². The van der Waals surface area contributed by atoms with E-state index in [2.05, 4.69) is 14.9 Å². The predicted octanol–water partition coefficient (Wildman–Crippen LogP) is 0.165. The highest BCUT2D eigenvalue weighted by Crippen LogP contribution is 2.11. The molecule has 98 valence electrons. The number of benzene rings is 1. The van der Waals surface area contributed by atoms with Gasteiger partial charge in [-0.3, -0.25) is 0 Å². The normalized spacial score (nSPS) is 11.2. The summed E-state index contributed by atoms with van der Waals surface area (Å²) in [5, 5.41) is 16.2. The van der Waals surface area contributed by atoms with Crippen LogP contribution in [-0.4, -0.2) is 23.2 Å². The van der Waals surface area contributed by atoms with Crippen molar-refractivity contribution in [2.24, 2.45) is 7.05 Å². The molecule has 0 fully saturated rings. The van der Waals surface area contributed by atoms with Crippen LogP contribution in [0.5, 0.6) is 0 Å². The van der Waals surface area contributed by atoms with Crippen LogP contribution in [0.2, 0.25) is 0 Å². The van der Waals surface area contributed by atoms with Gasteiger partial charge < -0.3 is 4.57 Å². The second-order valence-corrected chi connectivity index (χ2v) is 5.59. The van der Waals surface area contributed by atoms with Gasteiger partial charge in [-0.15, -0.1) is 10.2 Å². The van der Waals surface area contributed by atoms with Crippen molar-refractivity contribution in [3.05, 3.63) is 42.0 Å². The summed E-state index contributed by atoms with van der Waals surface area (Å²) in [6.45, 7) is 0.0373. The first-order valence-corrected chi connectivity index (χ1v) is 6.84. The Balaban J connectivity index is 2.19. The Morgan fingerprint density at radius 2 is 2.26 bits per heavy atom. The van der Waals surface area contributed by atoms with Crippen LogP contribution in [0.1, 0.15) is 11.4 Å².